The van der Waals surface area contributed by atoms with Crippen LogP contribution in [-0.4, -0.2) is 31.1 Å². The second-order valence-electron chi connectivity index (χ2n) is 6.46. The average molecular weight is 357 g/mol. The van der Waals surface area contributed by atoms with Crippen LogP contribution in [0.3, 0.4) is 0 Å². The van der Waals surface area contributed by atoms with Crippen LogP contribution in [0.4, 0.5) is 10.2 Å². The molecule has 0 spiro atoms. The van der Waals surface area contributed by atoms with Crippen molar-refractivity contribution in [3.8, 4) is 5.75 Å². The van der Waals surface area contributed by atoms with Crippen LogP contribution in [0.2, 0.25) is 0 Å². The van der Waals surface area contributed by atoms with Crippen LogP contribution in [0.15, 0.2) is 36.5 Å². The average Bonchev–Trinajstić information content (AvgIpc) is 3.20. The number of hydrogen-bond acceptors (Lipinski definition) is 4. The maximum absolute atomic E-state index is 13.7. The van der Waals surface area contributed by atoms with Crippen molar-refractivity contribution in [2.75, 3.05) is 25.1 Å². The number of halogens is 1. The normalized spacial score (nSPS) is 13.7. The zero-order chi connectivity index (χ0) is 18.4. The number of nitrogens with one attached hydrogen (secondary N) is 1. The number of aromatic nitrogens is 1. The molecule has 1 N–H and O–H groups in total. The number of rotatable bonds is 7. The zero-order valence-electron chi connectivity index (χ0n) is 15.0. The van der Waals surface area contributed by atoms with Crippen LogP contribution in [-0.2, 0) is 17.8 Å². The van der Waals surface area contributed by atoms with E-state index in [2.05, 4.69) is 15.2 Å². The number of hydrogen-bond donors (Lipinski definition) is 1. The molecular weight excluding hydrogens is 333 g/mol. The number of benzene rings is 1. The number of aryl methyl sites for hydroxylation is 1. The molecule has 3 rings (SSSR count). The summed E-state index contributed by atoms with van der Waals surface area (Å²) in [6.07, 6.45) is 5.05. The van der Waals surface area contributed by atoms with E-state index in [1.807, 2.05) is 18.3 Å². The summed E-state index contributed by atoms with van der Waals surface area (Å²) in [4.78, 5) is 18.8. The Morgan fingerprint density at radius 2 is 2.00 bits per heavy atom. The molecule has 6 heteroatoms. The van der Waals surface area contributed by atoms with Crippen molar-refractivity contribution in [2.45, 2.75) is 32.2 Å². The molecule has 0 radical (unpaired) electrons. The summed E-state index contributed by atoms with van der Waals surface area (Å²) < 4.78 is 18.5. The van der Waals surface area contributed by atoms with Gasteiger partial charge in [0.05, 0.1) is 7.11 Å². The Hall–Kier alpha value is -2.63. The molecule has 2 aromatic rings. The third-order valence-corrected chi connectivity index (χ3v) is 4.59. The van der Waals surface area contributed by atoms with Gasteiger partial charge in [-0.05, 0) is 48.6 Å². The summed E-state index contributed by atoms with van der Waals surface area (Å²) in [6.45, 7) is 2.58. The number of methoxy groups -OCH3 is 1. The number of anilines is 1. The van der Waals surface area contributed by atoms with Crippen molar-refractivity contribution in [1.29, 1.82) is 0 Å². The van der Waals surface area contributed by atoms with Crippen LogP contribution in [0.25, 0.3) is 0 Å². The molecule has 0 unspecified atom stereocenters. The van der Waals surface area contributed by atoms with E-state index in [1.54, 1.807) is 12.1 Å². The van der Waals surface area contributed by atoms with Gasteiger partial charge in [-0.15, -0.1) is 0 Å². The summed E-state index contributed by atoms with van der Waals surface area (Å²) in [5.74, 6) is 0.738. The Bertz CT molecular complexity index is 743. The highest BCUT2D eigenvalue weighted by atomic mass is 19.1. The van der Waals surface area contributed by atoms with Gasteiger partial charge in [-0.25, -0.2) is 9.37 Å². The Labute approximate surface area is 153 Å². The SMILES string of the molecule is COc1ccc(CCC(=O)NCc2ccc(N3CCCC3)nc2)cc1F. The number of carbonyl (C=O) groups is 1. The molecule has 1 saturated heterocycles. The van der Waals surface area contributed by atoms with E-state index in [0.29, 0.717) is 19.4 Å². The Kier molecular flexibility index (Phi) is 6.04. The predicted octanol–water partition coefficient (Wildman–Crippen LogP) is 3.08. The lowest BCUT2D eigenvalue weighted by Crippen LogP contribution is -2.23. The number of ether oxygens (including phenoxy) is 1. The number of pyridine rings is 1. The molecule has 1 aliphatic rings. The highest BCUT2D eigenvalue weighted by Gasteiger charge is 2.13. The van der Waals surface area contributed by atoms with Crippen LogP contribution < -0.4 is 15.0 Å². The van der Waals surface area contributed by atoms with Gasteiger partial charge in [0, 0.05) is 32.3 Å². The fraction of sp³-hybridized carbons (Fsp3) is 0.400. The highest BCUT2D eigenvalue weighted by Crippen LogP contribution is 2.19. The standard InChI is InChI=1S/C20H24FN3O2/c1-26-18-7-4-15(12-17(18)21)6-9-20(25)23-14-16-5-8-19(22-13-16)24-10-2-3-11-24/h4-5,7-8,12-13H,2-3,6,9-11,14H2,1H3,(H,23,25). The molecule has 1 fully saturated rings. The molecule has 0 saturated carbocycles. The van der Waals surface area contributed by atoms with Crippen molar-refractivity contribution < 1.29 is 13.9 Å². The molecule has 1 aromatic carbocycles. The van der Waals surface area contributed by atoms with Crippen molar-refractivity contribution in [1.82, 2.24) is 10.3 Å². The largest absolute Gasteiger partial charge is 0.494 e. The molecule has 5 nitrogen and oxygen atoms in total. The summed E-state index contributed by atoms with van der Waals surface area (Å²) >= 11 is 0. The van der Waals surface area contributed by atoms with Gasteiger partial charge in [-0.1, -0.05) is 12.1 Å². The molecule has 0 atom stereocenters. The van der Waals surface area contributed by atoms with Gasteiger partial charge in [0.25, 0.3) is 0 Å². The first kappa shape index (κ1) is 18.2. The topological polar surface area (TPSA) is 54.5 Å². The van der Waals surface area contributed by atoms with E-state index in [0.717, 1.165) is 30.0 Å². The van der Waals surface area contributed by atoms with Crippen molar-refractivity contribution in [3.63, 3.8) is 0 Å². The lowest BCUT2D eigenvalue weighted by atomic mass is 10.1. The fourth-order valence-electron chi connectivity index (χ4n) is 3.07. The maximum atomic E-state index is 13.7. The van der Waals surface area contributed by atoms with E-state index < -0.39 is 5.82 Å². The molecule has 2 heterocycles. The first-order chi connectivity index (χ1) is 12.7. The van der Waals surface area contributed by atoms with Crippen LogP contribution in [0.1, 0.15) is 30.4 Å². The van der Waals surface area contributed by atoms with Gasteiger partial charge >= 0.3 is 0 Å². The smallest absolute Gasteiger partial charge is 0.220 e. The van der Waals surface area contributed by atoms with Crippen LogP contribution in [0, 0.1) is 5.82 Å². The zero-order valence-corrected chi connectivity index (χ0v) is 15.0. The van der Waals surface area contributed by atoms with Gasteiger partial charge in [0.15, 0.2) is 11.6 Å². The summed E-state index contributed by atoms with van der Waals surface area (Å²) in [7, 11) is 1.43. The summed E-state index contributed by atoms with van der Waals surface area (Å²) in [6, 6.07) is 8.77. The third kappa shape index (κ3) is 4.71. The second kappa shape index (κ2) is 8.65. The number of carbonyl (C=O) groups excluding carboxylic acids is 1. The van der Waals surface area contributed by atoms with Crippen LogP contribution in [0.5, 0.6) is 5.75 Å². The van der Waals surface area contributed by atoms with Crippen molar-refractivity contribution >= 4 is 11.7 Å². The van der Waals surface area contributed by atoms with E-state index in [9.17, 15) is 9.18 Å². The molecule has 26 heavy (non-hydrogen) atoms. The Balaban J connectivity index is 1.44. The number of amides is 1. The molecule has 1 aliphatic heterocycles. The van der Waals surface area contributed by atoms with Gasteiger partial charge in [-0.3, -0.25) is 4.79 Å². The predicted molar refractivity (Wildman–Crippen MR) is 98.8 cm³/mol. The third-order valence-electron chi connectivity index (χ3n) is 4.59. The molecule has 1 amide bonds. The van der Waals surface area contributed by atoms with Crippen molar-refractivity contribution in [2.24, 2.45) is 0 Å². The Morgan fingerprint density at radius 3 is 2.65 bits per heavy atom. The first-order valence-electron chi connectivity index (χ1n) is 8.94. The van der Waals surface area contributed by atoms with E-state index >= 15 is 0 Å². The van der Waals surface area contributed by atoms with E-state index in [-0.39, 0.29) is 11.7 Å². The Morgan fingerprint density at radius 1 is 1.23 bits per heavy atom. The monoisotopic (exact) mass is 357 g/mol. The molecule has 0 bridgehead atoms. The maximum Gasteiger partial charge on any atom is 0.220 e. The van der Waals surface area contributed by atoms with E-state index in [1.165, 1.54) is 26.0 Å². The van der Waals surface area contributed by atoms with Crippen LogP contribution >= 0.6 is 0 Å². The van der Waals surface area contributed by atoms with Crippen molar-refractivity contribution in [3.05, 3.63) is 53.5 Å². The highest BCUT2D eigenvalue weighted by molar-refractivity contribution is 5.76. The molecular formula is C20H24FN3O2. The van der Waals surface area contributed by atoms with Gasteiger partial charge in [0.1, 0.15) is 5.82 Å². The molecule has 1 aromatic heterocycles. The van der Waals surface area contributed by atoms with Gasteiger partial charge in [-0.2, -0.15) is 0 Å². The fourth-order valence-corrected chi connectivity index (χ4v) is 3.07. The molecule has 0 aliphatic carbocycles. The lowest BCUT2D eigenvalue weighted by molar-refractivity contribution is -0.121. The lowest BCUT2D eigenvalue weighted by Gasteiger charge is -2.16. The minimum Gasteiger partial charge on any atom is -0.494 e. The molecule has 138 valence electrons. The van der Waals surface area contributed by atoms with E-state index in [4.69, 9.17) is 4.74 Å². The van der Waals surface area contributed by atoms with Gasteiger partial charge in [0.2, 0.25) is 5.91 Å². The second-order valence-corrected chi connectivity index (χ2v) is 6.46. The minimum absolute atomic E-state index is 0.0650. The summed E-state index contributed by atoms with van der Waals surface area (Å²) in [5.41, 5.74) is 1.74. The summed E-state index contributed by atoms with van der Waals surface area (Å²) in [5, 5.41) is 2.88. The quantitative estimate of drug-likeness (QED) is 0.827. The first-order valence-corrected chi connectivity index (χ1v) is 8.94. The minimum atomic E-state index is -0.408. The number of nitrogens with zero attached hydrogens (tertiary/aromatic N) is 2. The van der Waals surface area contributed by atoms with Gasteiger partial charge < -0.3 is 15.0 Å².